The Morgan fingerprint density at radius 3 is 2.06 bits per heavy atom. The van der Waals surface area contributed by atoms with E-state index in [-0.39, 0.29) is 11.7 Å². The van der Waals surface area contributed by atoms with Crippen LogP contribution < -0.4 is 15.3 Å². The lowest BCUT2D eigenvalue weighted by atomic mass is 10.1. The van der Waals surface area contributed by atoms with Gasteiger partial charge in [-0.05, 0) is 31.9 Å². The van der Waals surface area contributed by atoms with Crippen LogP contribution in [0.5, 0.6) is 0 Å². The van der Waals surface area contributed by atoms with Crippen molar-refractivity contribution in [2.45, 2.75) is 51.9 Å². The van der Waals surface area contributed by atoms with Gasteiger partial charge >= 0.3 is 0 Å². The van der Waals surface area contributed by atoms with Crippen LogP contribution >= 0.6 is 0 Å². The summed E-state index contributed by atoms with van der Waals surface area (Å²) in [6.45, 7) is 5.62. The Morgan fingerprint density at radius 2 is 1.44 bits per heavy atom. The van der Waals surface area contributed by atoms with E-state index in [1.165, 1.54) is 11.3 Å². The van der Waals surface area contributed by atoms with E-state index in [0.717, 1.165) is 58.3 Å². The number of nitrogens with zero attached hydrogens (tertiary/aromatic N) is 4. The molecule has 0 saturated carbocycles. The maximum Gasteiger partial charge on any atom is 0.243 e. The lowest BCUT2D eigenvalue weighted by Crippen LogP contribution is -2.47. The van der Waals surface area contributed by atoms with Gasteiger partial charge in [-0.15, -0.1) is 0 Å². The van der Waals surface area contributed by atoms with Gasteiger partial charge in [0.2, 0.25) is 11.9 Å². The van der Waals surface area contributed by atoms with Crippen molar-refractivity contribution < 1.29 is 14.8 Å². The van der Waals surface area contributed by atoms with Crippen LogP contribution in [0.4, 0.5) is 11.6 Å². The molecule has 172 valence electrons. The number of amides is 1. The molecule has 1 aromatic heterocycles. The quantitative estimate of drug-likeness (QED) is 0.239. The van der Waals surface area contributed by atoms with Gasteiger partial charge in [0.05, 0.1) is 5.56 Å². The highest BCUT2D eigenvalue weighted by Gasteiger charge is 2.19. The van der Waals surface area contributed by atoms with Crippen molar-refractivity contribution in [3.63, 3.8) is 0 Å². The number of aromatic nitrogens is 2. The number of carbonyl (C=O) groups is 2. The molecule has 0 aliphatic carbocycles. The van der Waals surface area contributed by atoms with Crippen molar-refractivity contribution in [2.75, 3.05) is 36.0 Å². The number of unbranched alkanes of at least 4 members (excludes halogenated alkanes) is 4. The van der Waals surface area contributed by atoms with Crippen LogP contribution in [0.1, 0.15) is 60.9 Å². The Kier molecular flexibility index (Phi) is 8.98. The maximum absolute atomic E-state index is 12.4. The summed E-state index contributed by atoms with van der Waals surface area (Å²) < 4.78 is 0. The summed E-state index contributed by atoms with van der Waals surface area (Å²) >= 11 is 0. The molecule has 1 aromatic carbocycles. The summed E-state index contributed by atoms with van der Waals surface area (Å²) in [6.07, 6.45) is 8.48. The number of ketones is 1. The molecule has 2 heterocycles. The Hall–Kier alpha value is -3.00. The molecule has 8 heteroatoms. The van der Waals surface area contributed by atoms with Gasteiger partial charge in [-0.2, -0.15) is 0 Å². The highest BCUT2D eigenvalue weighted by molar-refractivity contribution is 5.95. The van der Waals surface area contributed by atoms with Gasteiger partial charge in [-0.3, -0.25) is 14.8 Å². The zero-order valence-electron chi connectivity index (χ0n) is 18.8. The third kappa shape index (κ3) is 7.02. The first kappa shape index (κ1) is 23.7. The minimum absolute atomic E-state index is 0.0698. The molecule has 0 radical (unpaired) electrons. The largest absolute Gasteiger partial charge is 0.368 e. The molecule has 0 bridgehead atoms. The van der Waals surface area contributed by atoms with Crippen molar-refractivity contribution in [3.05, 3.63) is 47.8 Å². The molecule has 8 nitrogen and oxygen atoms in total. The van der Waals surface area contributed by atoms with Gasteiger partial charge in [-0.25, -0.2) is 15.4 Å². The highest BCUT2D eigenvalue weighted by Crippen LogP contribution is 2.19. The molecule has 3 rings (SSSR count). The maximum atomic E-state index is 12.4. The predicted molar refractivity (Wildman–Crippen MR) is 124 cm³/mol. The van der Waals surface area contributed by atoms with E-state index in [4.69, 9.17) is 5.21 Å². The third-order valence-electron chi connectivity index (χ3n) is 5.85. The minimum Gasteiger partial charge on any atom is -0.368 e. The van der Waals surface area contributed by atoms with E-state index in [1.54, 1.807) is 17.9 Å². The molecule has 32 heavy (non-hydrogen) atoms. The molecule has 1 amide bonds. The van der Waals surface area contributed by atoms with Gasteiger partial charge in [0.1, 0.15) is 0 Å². The average molecular weight is 440 g/mol. The summed E-state index contributed by atoms with van der Waals surface area (Å²) in [7, 11) is 0. The Bertz CT molecular complexity index is 862. The van der Waals surface area contributed by atoms with E-state index in [0.29, 0.717) is 24.4 Å². The third-order valence-corrected chi connectivity index (χ3v) is 5.85. The van der Waals surface area contributed by atoms with Crippen molar-refractivity contribution in [2.24, 2.45) is 0 Å². The lowest BCUT2D eigenvalue weighted by Gasteiger charge is -2.36. The molecule has 1 aliphatic rings. The van der Waals surface area contributed by atoms with Gasteiger partial charge in [0, 0.05) is 57.1 Å². The Labute approximate surface area is 189 Å². The second-order valence-electron chi connectivity index (χ2n) is 8.31. The van der Waals surface area contributed by atoms with Crippen LogP contribution in [0, 0.1) is 6.92 Å². The van der Waals surface area contributed by atoms with E-state index in [1.807, 2.05) is 0 Å². The number of anilines is 2. The number of carbonyl (C=O) groups excluding carboxylic acids is 2. The SMILES string of the molecule is Cc1ccc(N2CCN(c3ncc(C(=O)CCCCCCCC(=O)NO)cn3)CC2)cc1. The number of Topliss-reactive ketones (excluding diaryl/α,β-unsaturated/α-hetero) is 1. The van der Waals surface area contributed by atoms with Crippen LogP contribution in [0.2, 0.25) is 0 Å². The van der Waals surface area contributed by atoms with Crippen LogP contribution in [0.15, 0.2) is 36.7 Å². The standard InChI is InChI=1S/C24H33N5O3/c1-19-9-11-21(12-10-19)28-13-15-29(16-14-28)24-25-17-20(18-26-24)22(30)7-5-3-2-4-6-8-23(31)27-32/h9-12,17-18,32H,2-8,13-16H2,1H3,(H,27,31). The lowest BCUT2D eigenvalue weighted by molar-refractivity contribution is -0.129. The zero-order chi connectivity index (χ0) is 22.8. The fourth-order valence-electron chi connectivity index (χ4n) is 3.85. The molecule has 1 fully saturated rings. The van der Waals surface area contributed by atoms with Crippen LogP contribution in [0.3, 0.4) is 0 Å². The summed E-state index contributed by atoms with van der Waals surface area (Å²) in [5.41, 5.74) is 4.70. The highest BCUT2D eigenvalue weighted by atomic mass is 16.5. The van der Waals surface area contributed by atoms with E-state index in [9.17, 15) is 9.59 Å². The number of piperazine rings is 1. The minimum atomic E-state index is -0.350. The topological polar surface area (TPSA) is 98.7 Å². The number of aryl methyl sites for hydroxylation is 1. The molecular formula is C24H33N5O3. The number of hydroxylamine groups is 1. The number of hydrogen-bond donors (Lipinski definition) is 2. The average Bonchev–Trinajstić information content (AvgIpc) is 2.84. The van der Waals surface area contributed by atoms with Crippen LogP contribution in [-0.4, -0.2) is 53.0 Å². The number of nitrogens with one attached hydrogen (secondary N) is 1. The van der Waals surface area contributed by atoms with E-state index >= 15 is 0 Å². The van der Waals surface area contributed by atoms with Gasteiger partial charge < -0.3 is 9.80 Å². The molecule has 0 unspecified atom stereocenters. The summed E-state index contributed by atoms with van der Waals surface area (Å²) in [6, 6.07) is 8.61. The second kappa shape index (κ2) is 12.1. The molecule has 0 spiro atoms. The monoisotopic (exact) mass is 439 g/mol. The molecule has 2 aromatic rings. The van der Waals surface area contributed by atoms with Crippen LogP contribution in [0.25, 0.3) is 0 Å². The molecular weight excluding hydrogens is 406 g/mol. The summed E-state index contributed by atoms with van der Waals surface area (Å²) in [5, 5.41) is 8.45. The zero-order valence-corrected chi connectivity index (χ0v) is 18.8. The first-order chi connectivity index (χ1) is 15.6. The predicted octanol–water partition coefficient (Wildman–Crippen LogP) is 3.53. The van der Waals surface area contributed by atoms with Crippen molar-refractivity contribution >= 4 is 23.3 Å². The molecule has 1 aliphatic heterocycles. The molecule has 1 saturated heterocycles. The molecule has 2 N–H and O–H groups in total. The fraction of sp³-hybridized carbons (Fsp3) is 0.500. The first-order valence-corrected chi connectivity index (χ1v) is 11.4. The molecule has 0 atom stereocenters. The second-order valence-corrected chi connectivity index (χ2v) is 8.31. The Morgan fingerprint density at radius 1 is 0.875 bits per heavy atom. The normalized spacial score (nSPS) is 13.8. The van der Waals surface area contributed by atoms with Gasteiger partial charge in [0.15, 0.2) is 5.78 Å². The van der Waals surface area contributed by atoms with E-state index < -0.39 is 0 Å². The number of benzene rings is 1. The smallest absolute Gasteiger partial charge is 0.243 e. The van der Waals surface area contributed by atoms with Crippen molar-refractivity contribution in [1.29, 1.82) is 0 Å². The van der Waals surface area contributed by atoms with E-state index in [2.05, 4.69) is 51.0 Å². The summed E-state index contributed by atoms with van der Waals surface area (Å²) in [5.74, 6) is 0.397. The fourth-order valence-corrected chi connectivity index (χ4v) is 3.85. The van der Waals surface area contributed by atoms with Gasteiger partial charge in [0.25, 0.3) is 0 Å². The summed E-state index contributed by atoms with van der Waals surface area (Å²) in [4.78, 5) is 36.7. The van der Waals surface area contributed by atoms with Crippen molar-refractivity contribution in [1.82, 2.24) is 15.4 Å². The van der Waals surface area contributed by atoms with Crippen LogP contribution in [-0.2, 0) is 4.79 Å². The number of rotatable bonds is 11. The van der Waals surface area contributed by atoms with Gasteiger partial charge in [-0.1, -0.05) is 37.0 Å². The Balaban J connectivity index is 1.37. The number of hydrogen-bond acceptors (Lipinski definition) is 7. The van der Waals surface area contributed by atoms with Crippen molar-refractivity contribution in [3.8, 4) is 0 Å². The first-order valence-electron chi connectivity index (χ1n) is 11.4.